The first-order valence-corrected chi connectivity index (χ1v) is 9.17. The molecule has 2 heteroatoms. The summed E-state index contributed by atoms with van der Waals surface area (Å²) < 4.78 is 12.9. The molecule has 22 heavy (non-hydrogen) atoms. The quantitative estimate of drug-likeness (QED) is 0.655. The Balaban J connectivity index is 1.68. The largest absolute Gasteiger partial charge is 0.393 e. The van der Waals surface area contributed by atoms with Crippen molar-refractivity contribution < 1.29 is 9.50 Å². The molecule has 0 aromatic heterocycles. The van der Waals surface area contributed by atoms with Crippen LogP contribution in [0.1, 0.15) is 65.2 Å². The van der Waals surface area contributed by atoms with E-state index in [1.807, 2.05) is 0 Å². The molecule has 4 aliphatic rings. The molecule has 0 saturated heterocycles. The average Bonchev–Trinajstić information content (AvgIpc) is 2.82. The number of hydrogen-bond acceptors (Lipinski definition) is 1. The monoisotopic (exact) mass is 304 g/mol. The van der Waals surface area contributed by atoms with Crippen LogP contribution in [0.5, 0.6) is 0 Å². The highest BCUT2D eigenvalue weighted by atomic mass is 19.1. The smallest absolute Gasteiger partial charge is 0.0898 e. The van der Waals surface area contributed by atoms with E-state index >= 15 is 0 Å². The van der Waals surface area contributed by atoms with Gasteiger partial charge in [0.05, 0.1) is 12.4 Å². The molecule has 1 N–H and O–H groups in total. The molecule has 0 unspecified atom stereocenters. The minimum absolute atomic E-state index is 0.0874. The second kappa shape index (κ2) is 4.93. The van der Waals surface area contributed by atoms with Crippen molar-refractivity contribution in [2.24, 2.45) is 28.6 Å². The van der Waals surface area contributed by atoms with Gasteiger partial charge < -0.3 is 5.11 Å². The summed E-state index contributed by atoms with van der Waals surface area (Å²) in [7, 11) is 0. The molecule has 4 rings (SSSR count). The molecule has 4 aliphatic carbocycles. The second-order valence-electron chi connectivity index (χ2n) is 8.82. The van der Waals surface area contributed by atoms with Gasteiger partial charge >= 0.3 is 0 Å². The lowest BCUT2D eigenvalue weighted by Gasteiger charge is -2.58. The van der Waals surface area contributed by atoms with Crippen LogP contribution in [0.25, 0.3) is 0 Å². The van der Waals surface area contributed by atoms with Crippen molar-refractivity contribution in [3.05, 3.63) is 23.6 Å². The summed E-state index contributed by atoms with van der Waals surface area (Å²) in [6.45, 7) is 4.78. The van der Waals surface area contributed by atoms with Gasteiger partial charge in [0.25, 0.3) is 0 Å². The predicted molar refractivity (Wildman–Crippen MR) is 86.9 cm³/mol. The Hall–Kier alpha value is -0.630. The first kappa shape index (κ1) is 14.9. The van der Waals surface area contributed by atoms with Gasteiger partial charge in [0.1, 0.15) is 0 Å². The van der Waals surface area contributed by atoms with Gasteiger partial charge in [-0.05, 0) is 85.5 Å². The summed E-state index contributed by atoms with van der Waals surface area (Å²) in [4.78, 5) is 0. The first-order valence-electron chi connectivity index (χ1n) is 9.17. The summed E-state index contributed by atoms with van der Waals surface area (Å²) in [5.41, 5.74) is 2.84. The molecule has 0 spiro atoms. The number of fused-ring (bicyclic) bond motifs is 5. The molecule has 0 aliphatic heterocycles. The molecule has 3 saturated carbocycles. The van der Waals surface area contributed by atoms with Gasteiger partial charge in [-0.3, -0.25) is 0 Å². The fourth-order valence-electron chi connectivity index (χ4n) is 6.67. The Morgan fingerprint density at radius 3 is 2.68 bits per heavy atom. The fraction of sp³-hybridized carbons (Fsp3) is 0.800. The Morgan fingerprint density at radius 2 is 1.91 bits per heavy atom. The summed E-state index contributed by atoms with van der Waals surface area (Å²) in [5, 5.41) is 10.5. The van der Waals surface area contributed by atoms with Crippen LogP contribution in [0.15, 0.2) is 23.6 Å². The maximum atomic E-state index is 12.9. The van der Waals surface area contributed by atoms with Crippen molar-refractivity contribution in [3.8, 4) is 0 Å². The lowest BCUT2D eigenvalue weighted by Crippen LogP contribution is -2.50. The van der Waals surface area contributed by atoms with Crippen LogP contribution in [0.3, 0.4) is 0 Å². The van der Waals surface area contributed by atoms with Crippen LogP contribution in [-0.2, 0) is 0 Å². The number of aliphatic hydroxyl groups is 1. The van der Waals surface area contributed by atoms with E-state index in [1.165, 1.54) is 31.3 Å². The summed E-state index contributed by atoms with van der Waals surface area (Å²) in [6, 6.07) is 0. The van der Waals surface area contributed by atoms with Crippen LogP contribution in [0, 0.1) is 28.6 Å². The Labute approximate surface area is 133 Å². The first-order chi connectivity index (χ1) is 10.5. The van der Waals surface area contributed by atoms with E-state index in [0.29, 0.717) is 5.92 Å². The molecule has 1 nitrogen and oxygen atoms in total. The van der Waals surface area contributed by atoms with Gasteiger partial charge in [-0.1, -0.05) is 25.5 Å². The zero-order valence-electron chi connectivity index (χ0n) is 13.9. The highest BCUT2D eigenvalue weighted by Crippen LogP contribution is 2.65. The lowest BCUT2D eigenvalue weighted by molar-refractivity contribution is -0.0728. The molecule has 0 heterocycles. The van der Waals surface area contributed by atoms with E-state index < -0.39 is 0 Å². The SMILES string of the molecule is C[C@]12CC[C@H]3[C@@H](CCC4=CC(=CF)CC[C@@]43C)[C@@H]1CC[C@@H]2O. The molecule has 6 atom stereocenters. The molecule has 0 aromatic rings. The van der Waals surface area contributed by atoms with Gasteiger partial charge in [-0.15, -0.1) is 0 Å². The molecule has 0 bridgehead atoms. The molecule has 0 aromatic carbocycles. The summed E-state index contributed by atoms with van der Waals surface area (Å²) in [6.07, 6.45) is 11.9. The lowest BCUT2D eigenvalue weighted by atomic mass is 9.47. The highest BCUT2D eigenvalue weighted by molar-refractivity contribution is 5.34. The van der Waals surface area contributed by atoms with E-state index in [9.17, 15) is 9.50 Å². The van der Waals surface area contributed by atoms with Gasteiger partial charge in [-0.2, -0.15) is 0 Å². The number of hydrogen-bond donors (Lipinski definition) is 1. The van der Waals surface area contributed by atoms with Crippen molar-refractivity contribution in [2.75, 3.05) is 0 Å². The minimum atomic E-state index is -0.0874. The second-order valence-corrected chi connectivity index (χ2v) is 8.82. The minimum Gasteiger partial charge on any atom is -0.393 e. The predicted octanol–water partition coefficient (Wildman–Crippen LogP) is 5.16. The van der Waals surface area contributed by atoms with Crippen LogP contribution >= 0.6 is 0 Å². The summed E-state index contributed by atoms with van der Waals surface area (Å²) >= 11 is 0. The third-order valence-electron chi connectivity index (χ3n) is 8.12. The Kier molecular flexibility index (Phi) is 3.35. The average molecular weight is 304 g/mol. The standard InChI is InChI=1S/C20H29FO/c1-19-9-7-13(12-21)11-14(19)3-4-15-16-5-6-18(22)20(16,2)10-8-17(15)19/h11-12,15-18,22H,3-10H2,1-2H3/t15-,16-,17-,18-,19-,20-/m0/s1. The molecule has 122 valence electrons. The molecular weight excluding hydrogens is 275 g/mol. The van der Waals surface area contributed by atoms with Crippen molar-refractivity contribution in [2.45, 2.75) is 71.3 Å². The molecule has 0 amide bonds. The highest BCUT2D eigenvalue weighted by Gasteiger charge is 2.58. The maximum absolute atomic E-state index is 12.9. The number of halogens is 1. The van der Waals surface area contributed by atoms with E-state index in [0.717, 1.165) is 49.4 Å². The van der Waals surface area contributed by atoms with E-state index in [4.69, 9.17) is 0 Å². The van der Waals surface area contributed by atoms with Crippen molar-refractivity contribution in [3.63, 3.8) is 0 Å². The van der Waals surface area contributed by atoms with Crippen LogP contribution < -0.4 is 0 Å². The number of allylic oxidation sites excluding steroid dienone is 3. The Bertz CT molecular complexity index is 536. The fourth-order valence-corrected chi connectivity index (χ4v) is 6.67. The number of aliphatic hydroxyl groups excluding tert-OH is 1. The van der Waals surface area contributed by atoms with Gasteiger partial charge in [0.15, 0.2) is 0 Å². The van der Waals surface area contributed by atoms with E-state index in [-0.39, 0.29) is 16.9 Å². The maximum Gasteiger partial charge on any atom is 0.0898 e. The van der Waals surface area contributed by atoms with Gasteiger partial charge in [-0.25, -0.2) is 4.39 Å². The van der Waals surface area contributed by atoms with Crippen LogP contribution in [-0.4, -0.2) is 11.2 Å². The zero-order valence-corrected chi connectivity index (χ0v) is 13.9. The molecule has 3 fully saturated rings. The van der Waals surface area contributed by atoms with Crippen molar-refractivity contribution in [1.29, 1.82) is 0 Å². The van der Waals surface area contributed by atoms with E-state index in [2.05, 4.69) is 19.9 Å². The summed E-state index contributed by atoms with van der Waals surface area (Å²) in [5.74, 6) is 2.23. The van der Waals surface area contributed by atoms with E-state index in [1.54, 1.807) is 0 Å². The third-order valence-corrected chi connectivity index (χ3v) is 8.12. The van der Waals surface area contributed by atoms with Crippen molar-refractivity contribution >= 4 is 0 Å². The molecular formula is C20H29FO. The third kappa shape index (κ3) is 1.85. The molecule has 0 radical (unpaired) electrons. The van der Waals surface area contributed by atoms with Gasteiger partial charge in [0.2, 0.25) is 0 Å². The topological polar surface area (TPSA) is 20.2 Å². The van der Waals surface area contributed by atoms with Crippen molar-refractivity contribution in [1.82, 2.24) is 0 Å². The van der Waals surface area contributed by atoms with Gasteiger partial charge in [0, 0.05) is 0 Å². The number of rotatable bonds is 0. The van der Waals surface area contributed by atoms with Crippen LogP contribution in [0.2, 0.25) is 0 Å². The Morgan fingerprint density at radius 1 is 1.09 bits per heavy atom. The normalized spacial score (nSPS) is 52.7. The zero-order chi connectivity index (χ0) is 15.5. The van der Waals surface area contributed by atoms with Crippen LogP contribution in [0.4, 0.5) is 4.39 Å².